The zero-order chi connectivity index (χ0) is 22.1. The fraction of sp³-hybridized carbons (Fsp3) is 0.667. The van der Waals surface area contributed by atoms with Crippen LogP contribution < -0.4 is 11.6 Å². The maximum absolute atomic E-state index is 11.8. The molecule has 12 nitrogen and oxygen atoms in total. The van der Waals surface area contributed by atoms with Gasteiger partial charge in [-0.05, 0) is 39.5 Å². The maximum Gasteiger partial charge on any atom is 0.519 e. The van der Waals surface area contributed by atoms with E-state index >= 15 is 0 Å². The lowest BCUT2D eigenvalue weighted by Crippen LogP contribution is -2.23. The second-order valence-electron chi connectivity index (χ2n) is 6.76. The zero-order valence-electron chi connectivity index (χ0n) is 16.8. The van der Waals surface area contributed by atoms with Gasteiger partial charge in [-0.2, -0.15) is 9.68 Å². The van der Waals surface area contributed by atoms with Crippen LogP contribution >= 0.6 is 0 Å². The maximum atomic E-state index is 11.8. The highest BCUT2D eigenvalue weighted by atomic mass is 17.0. The van der Waals surface area contributed by atoms with Crippen LogP contribution in [-0.2, 0) is 35.7 Å². The van der Waals surface area contributed by atoms with Crippen LogP contribution in [0.1, 0.15) is 62.6 Å². The Kier molecular flexibility index (Phi) is 8.87. The second kappa shape index (κ2) is 11.4. The summed E-state index contributed by atoms with van der Waals surface area (Å²) < 4.78 is 19.1. The molecule has 0 fully saturated rings. The summed E-state index contributed by atoms with van der Waals surface area (Å²) in [6.45, 7) is 2.52. The normalized spacial score (nSPS) is 13.2. The third-order valence-electron chi connectivity index (χ3n) is 4.30. The van der Waals surface area contributed by atoms with Crippen LogP contribution in [0.15, 0.2) is 27.3 Å². The smallest absolute Gasteiger partial charge is 0.396 e. The number of rotatable bonds is 14. The first kappa shape index (κ1) is 23.4. The van der Waals surface area contributed by atoms with Crippen LogP contribution in [0.3, 0.4) is 0 Å². The van der Waals surface area contributed by atoms with Crippen molar-refractivity contribution in [3.8, 4) is 0 Å². The molecule has 12 heteroatoms. The minimum atomic E-state index is -0.867. The van der Waals surface area contributed by atoms with Crippen LogP contribution in [0.25, 0.3) is 0 Å². The van der Waals surface area contributed by atoms with Gasteiger partial charge in [-0.25, -0.2) is 9.59 Å². The van der Waals surface area contributed by atoms with Crippen molar-refractivity contribution in [1.82, 2.24) is 0 Å². The molecule has 0 aliphatic rings. The Morgan fingerprint density at radius 2 is 1.13 bits per heavy atom. The highest BCUT2D eigenvalue weighted by Gasteiger charge is 2.23. The van der Waals surface area contributed by atoms with Crippen LogP contribution in [0, 0.1) is 4.91 Å². The van der Waals surface area contributed by atoms with Gasteiger partial charge in [0.25, 0.3) is 0 Å². The van der Waals surface area contributed by atoms with Crippen molar-refractivity contribution >= 4 is 0 Å². The van der Waals surface area contributed by atoms with Gasteiger partial charge < -0.3 is 27.9 Å². The van der Waals surface area contributed by atoms with Gasteiger partial charge in [0, 0.05) is 12.8 Å². The molecule has 2 unspecified atom stereocenters. The Hall–Kier alpha value is -2.86. The van der Waals surface area contributed by atoms with Crippen molar-refractivity contribution in [1.29, 1.82) is 0 Å². The lowest BCUT2D eigenvalue weighted by Gasteiger charge is -2.07. The van der Waals surface area contributed by atoms with Crippen molar-refractivity contribution < 1.29 is 42.6 Å². The summed E-state index contributed by atoms with van der Waals surface area (Å²) in [6.07, 6.45) is 1.79. The first-order chi connectivity index (χ1) is 14.3. The first-order valence-electron chi connectivity index (χ1n) is 9.58. The van der Waals surface area contributed by atoms with Crippen molar-refractivity contribution in [2.24, 2.45) is 0 Å². The standard InChI is InChI=1S/C18H26NO11/c1-11(5-3-7-13-15(9-20)27-17(22)25-13)29-19(24)30-12(2)6-4-8-14-16(10-21)28-18(23)26-14/h11-12,20-21H,3-10H2,1-2H3/q+1. The van der Waals surface area contributed by atoms with Gasteiger partial charge in [0.2, 0.25) is 0 Å². The van der Waals surface area contributed by atoms with E-state index in [0.717, 1.165) is 0 Å². The SMILES string of the molecule is CC(CCCc1oc(=O)oc1CO)O[N+](=O)OC(C)CCCc1oc(=O)oc1CO. The number of hydrogen-bond donors (Lipinski definition) is 2. The molecule has 2 heterocycles. The first-order valence-corrected chi connectivity index (χ1v) is 9.58. The van der Waals surface area contributed by atoms with E-state index in [-0.39, 0.29) is 28.1 Å². The molecule has 0 amide bonds. The molecule has 0 saturated heterocycles. The molecular weight excluding hydrogens is 406 g/mol. The molecular formula is C18H26NO11+. The van der Waals surface area contributed by atoms with Gasteiger partial charge in [0.05, 0.1) is 0 Å². The molecule has 168 valence electrons. The van der Waals surface area contributed by atoms with E-state index in [1.807, 2.05) is 0 Å². The highest BCUT2D eigenvalue weighted by Crippen LogP contribution is 2.15. The Morgan fingerprint density at radius 1 is 0.767 bits per heavy atom. The van der Waals surface area contributed by atoms with E-state index < -0.39 is 37.1 Å². The van der Waals surface area contributed by atoms with E-state index in [4.69, 9.17) is 28.7 Å². The topological polar surface area (TPSA) is 166 Å². The molecule has 2 aromatic rings. The van der Waals surface area contributed by atoms with Gasteiger partial charge in [-0.3, -0.25) is 0 Å². The number of nitrogens with zero attached hydrogens (tertiary/aromatic N) is 1. The Bertz CT molecular complexity index is 834. The molecule has 30 heavy (non-hydrogen) atoms. The lowest BCUT2D eigenvalue weighted by molar-refractivity contribution is -0.992. The molecule has 0 radical (unpaired) electrons. The number of aryl methyl sites for hydroxylation is 2. The number of aliphatic hydroxyl groups is 2. The van der Waals surface area contributed by atoms with E-state index in [2.05, 4.69) is 8.83 Å². The molecule has 2 N–H and O–H groups in total. The number of hydrogen-bond acceptors (Lipinski definition) is 11. The lowest BCUT2D eigenvalue weighted by atomic mass is 10.1. The summed E-state index contributed by atoms with van der Waals surface area (Å²) in [6, 6.07) is 0. The minimum Gasteiger partial charge on any atom is -0.396 e. The average molecular weight is 432 g/mol. The summed E-state index contributed by atoms with van der Waals surface area (Å²) in [4.78, 5) is 44.1. The molecule has 2 rings (SSSR count). The van der Waals surface area contributed by atoms with E-state index in [9.17, 15) is 14.5 Å². The molecule has 0 saturated carbocycles. The summed E-state index contributed by atoms with van der Waals surface area (Å²) in [7, 11) is 0. The highest BCUT2D eigenvalue weighted by molar-refractivity contribution is 5.02. The van der Waals surface area contributed by atoms with Gasteiger partial charge in [0.1, 0.15) is 18.1 Å². The van der Waals surface area contributed by atoms with E-state index in [1.54, 1.807) is 13.8 Å². The number of aliphatic hydroxyl groups excluding tert-OH is 2. The molecule has 0 bridgehead atoms. The monoisotopic (exact) mass is 432 g/mol. The summed E-state index contributed by atoms with van der Waals surface area (Å²) in [5.74, 6) is -0.996. The van der Waals surface area contributed by atoms with Crippen molar-refractivity contribution in [2.45, 2.75) is 77.8 Å². The second-order valence-corrected chi connectivity index (χ2v) is 6.76. The fourth-order valence-electron chi connectivity index (χ4n) is 2.82. The Labute approximate surface area is 170 Å². The summed E-state index contributed by atoms with van der Waals surface area (Å²) in [5.41, 5.74) is 0. The molecule has 0 aromatic carbocycles. The van der Waals surface area contributed by atoms with Gasteiger partial charge in [0.15, 0.2) is 35.2 Å². The average Bonchev–Trinajstić information content (AvgIpc) is 3.22. The third-order valence-corrected chi connectivity index (χ3v) is 4.30. The van der Waals surface area contributed by atoms with Gasteiger partial charge >= 0.3 is 16.7 Å². The Morgan fingerprint density at radius 3 is 1.50 bits per heavy atom. The predicted molar refractivity (Wildman–Crippen MR) is 96.9 cm³/mol. The van der Waals surface area contributed by atoms with Gasteiger partial charge in [-0.15, -0.1) is 0 Å². The molecule has 0 aliphatic carbocycles. The fourth-order valence-corrected chi connectivity index (χ4v) is 2.82. The van der Waals surface area contributed by atoms with Crippen molar-refractivity contribution in [3.05, 3.63) is 49.2 Å². The molecule has 0 spiro atoms. The van der Waals surface area contributed by atoms with E-state index in [1.165, 1.54) is 0 Å². The van der Waals surface area contributed by atoms with Crippen LogP contribution in [0.4, 0.5) is 0 Å². The summed E-state index contributed by atoms with van der Waals surface area (Å²) >= 11 is 0. The van der Waals surface area contributed by atoms with Crippen molar-refractivity contribution in [3.63, 3.8) is 0 Å². The van der Waals surface area contributed by atoms with Crippen LogP contribution in [0.5, 0.6) is 0 Å². The van der Waals surface area contributed by atoms with E-state index in [0.29, 0.717) is 38.5 Å². The largest absolute Gasteiger partial charge is 0.519 e. The molecule has 2 atom stereocenters. The predicted octanol–water partition coefficient (Wildman–Crippen LogP) is 1.53. The molecule has 0 aliphatic heterocycles. The van der Waals surface area contributed by atoms with Gasteiger partial charge in [-0.1, -0.05) is 0 Å². The zero-order valence-corrected chi connectivity index (χ0v) is 16.8. The minimum absolute atomic E-state index is 0.0591. The quantitative estimate of drug-likeness (QED) is 0.416. The van der Waals surface area contributed by atoms with Crippen LogP contribution in [0.2, 0.25) is 0 Å². The Balaban J connectivity index is 1.64. The van der Waals surface area contributed by atoms with Crippen molar-refractivity contribution in [2.75, 3.05) is 0 Å². The third kappa shape index (κ3) is 7.19. The summed E-state index contributed by atoms with van der Waals surface area (Å²) in [5, 5.41) is 18.2. The van der Waals surface area contributed by atoms with Crippen LogP contribution in [-0.4, -0.2) is 27.5 Å². The molecule has 2 aromatic heterocycles.